The van der Waals surface area contributed by atoms with Gasteiger partial charge in [0.2, 0.25) is 5.91 Å². The van der Waals surface area contributed by atoms with Crippen LogP contribution in [-0.4, -0.2) is 38.2 Å². The van der Waals surface area contributed by atoms with E-state index in [0.717, 1.165) is 25.8 Å². The van der Waals surface area contributed by atoms with Gasteiger partial charge in [0.1, 0.15) is 0 Å². The number of carbonyl (C=O) groups is 2. The molecule has 1 aliphatic heterocycles. The first kappa shape index (κ1) is 16.2. The number of aromatic carboxylic acids is 1. The zero-order valence-electron chi connectivity index (χ0n) is 13.5. The molecule has 1 N–H and O–H groups in total. The third kappa shape index (κ3) is 3.64. The molecule has 0 spiro atoms. The van der Waals surface area contributed by atoms with Crippen molar-refractivity contribution in [2.45, 2.75) is 38.3 Å². The van der Waals surface area contributed by atoms with Gasteiger partial charge in [-0.25, -0.2) is 4.79 Å². The number of piperidine rings is 1. The molecule has 1 fully saturated rings. The van der Waals surface area contributed by atoms with Crippen LogP contribution in [-0.2, 0) is 11.3 Å². The molecule has 126 valence electrons. The summed E-state index contributed by atoms with van der Waals surface area (Å²) in [4.78, 5) is 25.5. The highest BCUT2D eigenvalue weighted by molar-refractivity contribution is 5.85. The van der Waals surface area contributed by atoms with E-state index in [0.29, 0.717) is 13.0 Å². The van der Waals surface area contributed by atoms with E-state index in [9.17, 15) is 9.59 Å². The lowest BCUT2D eigenvalue weighted by Gasteiger charge is -2.36. The van der Waals surface area contributed by atoms with Crippen LogP contribution >= 0.6 is 0 Å². The molecule has 1 atom stereocenters. The lowest BCUT2D eigenvalue weighted by molar-refractivity contribution is -0.135. The lowest BCUT2D eigenvalue weighted by Crippen LogP contribution is -2.38. The van der Waals surface area contributed by atoms with Gasteiger partial charge in [0.05, 0.1) is 6.04 Å². The molecule has 1 saturated heterocycles. The summed E-state index contributed by atoms with van der Waals surface area (Å²) in [6.45, 7) is 1.17. The minimum atomic E-state index is -1.06. The Kier molecular flexibility index (Phi) is 4.93. The maximum absolute atomic E-state index is 12.7. The Balaban J connectivity index is 1.64. The average Bonchev–Trinajstić information content (AvgIpc) is 3.10. The second kappa shape index (κ2) is 7.29. The predicted molar refractivity (Wildman–Crippen MR) is 88.6 cm³/mol. The predicted octanol–water partition coefficient (Wildman–Crippen LogP) is 2.73. The number of nitrogens with zero attached hydrogens (tertiary/aromatic N) is 3. The minimum Gasteiger partial charge on any atom is -0.476 e. The summed E-state index contributed by atoms with van der Waals surface area (Å²) >= 11 is 0. The van der Waals surface area contributed by atoms with E-state index >= 15 is 0 Å². The number of benzene rings is 1. The van der Waals surface area contributed by atoms with Crippen LogP contribution < -0.4 is 0 Å². The molecule has 6 heteroatoms. The Bertz CT molecular complexity index is 711. The van der Waals surface area contributed by atoms with Crippen molar-refractivity contribution in [1.82, 2.24) is 14.7 Å². The third-order valence-corrected chi connectivity index (χ3v) is 4.42. The van der Waals surface area contributed by atoms with Crippen molar-refractivity contribution in [3.05, 3.63) is 53.9 Å². The van der Waals surface area contributed by atoms with Crippen molar-refractivity contribution >= 4 is 11.9 Å². The van der Waals surface area contributed by atoms with E-state index in [-0.39, 0.29) is 17.6 Å². The summed E-state index contributed by atoms with van der Waals surface area (Å²) < 4.78 is 1.52. The van der Waals surface area contributed by atoms with Crippen molar-refractivity contribution in [3.63, 3.8) is 0 Å². The zero-order valence-corrected chi connectivity index (χ0v) is 13.5. The average molecular weight is 327 g/mol. The van der Waals surface area contributed by atoms with E-state index in [1.54, 1.807) is 6.20 Å². The molecule has 24 heavy (non-hydrogen) atoms. The topological polar surface area (TPSA) is 75.4 Å². The summed E-state index contributed by atoms with van der Waals surface area (Å²) in [7, 11) is 0. The second-order valence-corrected chi connectivity index (χ2v) is 6.03. The highest BCUT2D eigenvalue weighted by Gasteiger charge is 2.27. The number of aryl methyl sites for hydroxylation is 1. The van der Waals surface area contributed by atoms with Gasteiger partial charge in [0.15, 0.2) is 5.69 Å². The molecule has 0 radical (unpaired) electrons. The van der Waals surface area contributed by atoms with Crippen molar-refractivity contribution in [2.24, 2.45) is 0 Å². The fraction of sp³-hybridized carbons (Fsp3) is 0.389. The molecule has 6 nitrogen and oxygen atoms in total. The molecule has 0 aliphatic carbocycles. The maximum atomic E-state index is 12.7. The van der Waals surface area contributed by atoms with Crippen LogP contribution in [0.5, 0.6) is 0 Å². The highest BCUT2D eigenvalue weighted by atomic mass is 16.4. The van der Waals surface area contributed by atoms with Gasteiger partial charge in [-0.3, -0.25) is 9.48 Å². The van der Waals surface area contributed by atoms with E-state index in [4.69, 9.17) is 5.11 Å². The number of hydrogen-bond acceptors (Lipinski definition) is 3. The molecule has 1 aromatic carbocycles. The van der Waals surface area contributed by atoms with E-state index < -0.39 is 5.97 Å². The largest absolute Gasteiger partial charge is 0.476 e. The van der Waals surface area contributed by atoms with Crippen molar-refractivity contribution in [1.29, 1.82) is 0 Å². The van der Waals surface area contributed by atoms with Crippen LogP contribution in [0.1, 0.15) is 47.8 Å². The maximum Gasteiger partial charge on any atom is 0.356 e. The summed E-state index contributed by atoms with van der Waals surface area (Å²) in [6.07, 6.45) is 5.07. The smallest absolute Gasteiger partial charge is 0.356 e. The van der Waals surface area contributed by atoms with Crippen LogP contribution in [0.15, 0.2) is 42.6 Å². The molecule has 1 amide bonds. The SMILES string of the molecule is O=C(O)c1ccn(CCC(=O)N2CCCCC2c2ccccc2)n1. The van der Waals surface area contributed by atoms with Gasteiger partial charge in [0, 0.05) is 25.7 Å². The van der Waals surface area contributed by atoms with Crippen molar-refractivity contribution < 1.29 is 14.7 Å². The van der Waals surface area contributed by atoms with E-state index in [2.05, 4.69) is 17.2 Å². The summed E-state index contributed by atoms with van der Waals surface area (Å²) in [5.41, 5.74) is 1.18. The summed E-state index contributed by atoms with van der Waals surface area (Å²) in [5.74, 6) is -0.962. The minimum absolute atomic E-state index is 0.00239. The molecule has 0 bridgehead atoms. The van der Waals surface area contributed by atoms with Gasteiger partial charge in [0.25, 0.3) is 0 Å². The standard InChI is InChI=1S/C18H21N3O3/c22-17(10-13-20-12-9-15(19-20)18(23)24)21-11-5-4-8-16(21)14-6-2-1-3-7-14/h1-3,6-7,9,12,16H,4-5,8,10-11,13H2,(H,23,24). The Hall–Kier alpha value is -2.63. The zero-order chi connectivity index (χ0) is 16.9. The Morgan fingerprint density at radius 2 is 1.96 bits per heavy atom. The molecule has 1 aromatic heterocycles. The Morgan fingerprint density at radius 1 is 1.17 bits per heavy atom. The second-order valence-electron chi connectivity index (χ2n) is 6.03. The van der Waals surface area contributed by atoms with Crippen LogP contribution in [0.4, 0.5) is 0 Å². The summed E-state index contributed by atoms with van der Waals surface area (Å²) in [6, 6.07) is 11.7. The molecule has 3 rings (SSSR count). The van der Waals surface area contributed by atoms with Gasteiger partial charge < -0.3 is 10.0 Å². The quantitative estimate of drug-likeness (QED) is 0.916. The number of amides is 1. The van der Waals surface area contributed by atoms with Gasteiger partial charge >= 0.3 is 5.97 Å². The van der Waals surface area contributed by atoms with Crippen LogP contribution in [0.2, 0.25) is 0 Å². The van der Waals surface area contributed by atoms with Crippen LogP contribution in [0.25, 0.3) is 0 Å². The molecular formula is C18H21N3O3. The van der Waals surface area contributed by atoms with Crippen LogP contribution in [0, 0.1) is 0 Å². The molecule has 1 aliphatic rings. The first-order valence-electron chi connectivity index (χ1n) is 8.26. The van der Waals surface area contributed by atoms with Gasteiger partial charge in [-0.15, -0.1) is 0 Å². The van der Waals surface area contributed by atoms with Gasteiger partial charge in [-0.1, -0.05) is 30.3 Å². The number of aromatic nitrogens is 2. The fourth-order valence-electron chi connectivity index (χ4n) is 3.21. The molecule has 2 aromatic rings. The molecular weight excluding hydrogens is 306 g/mol. The lowest BCUT2D eigenvalue weighted by atomic mass is 9.95. The summed E-state index contributed by atoms with van der Waals surface area (Å²) in [5, 5.41) is 12.8. The van der Waals surface area contributed by atoms with Crippen LogP contribution in [0.3, 0.4) is 0 Å². The van der Waals surface area contributed by atoms with Crippen molar-refractivity contribution in [3.8, 4) is 0 Å². The van der Waals surface area contributed by atoms with Crippen molar-refractivity contribution in [2.75, 3.05) is 6.54 Å². The number of carbonyl (C=O) groups excluding carboxylic acids is 1. The highest BCUT2D eigenvalue weighted by Crippen LogP contribution is 2.31. The fourth-order valence-corrected chi connectivity index (χ4v) is 3.21. The number of likely N-dealkylation sites (tertiary alicyclic amines) is 1. The number of carboxylic acid groups (broad SMARTS) is 1. The Labute approximate surface area is 140 Å². The number of rotatable bonds is 5. The monoisotopic (exact) mass is 327 g/mol. The van der Waals surface area contributed by atoms with Gasteiger partial charge in [-0.05, 0) is 30.9 Å². The van der Waals surface area contributed by atoms with E-state index in [1.165, 1.54) is 16.3 Å². The normalized spacial score (nSPS) is 17.7. The first-order valence-corrected chi connectivity index (χ1v) is 8.26. The first-order chi connectivity index (χ1) is 11.6. The molecule has 1 unspecified atom stereocenters. The van der Waals surface area contributed by atoms with E-state index in [1.807, 2.05) is 23.1 Å². The molecule has 0 saturated carbocycles. The third-order valence-electron chi connectivity index (χ3n) is 4.42. The Morgan fingerprint density at radius 3 is 2.67 bits per heavy atom. The number of carboxylic acids is 1. The molecule has 2 heterocycles. The number of hydrogen-bond donors (Lipinski definition) is 1. The van der Waals surface area contributed by atoms with Gasteiger partial charge in [-0.2, -0.15) is 5.10 Å².